The van der Waals surface area contributed by atoms with Gasteiger partial charge in [0.15, 0.2) is 28.1 Å². The quantitative estimate of drug-likeness (QED) is 0.416. The van der Waals surface area contributed by atoms with Crippen LogP contribution in [-0.4, -0.2) is 56.8 Å². The molecule has 0 spiro atoms. The zero-order valence-corrected chi connectivity index (χ0v) is 22.2. The minimum atomic E-state index is -0.552. The first-order valence-corrected chi connectivity index (χ1v) is 13.1. The normalized spacial score (nSPS) is 22.5. The molecule has 2 aromatic carbocycles. The fourth-order valence-corrected chi connectivity index (χ4v) is 6.40. The Labute approximate surface area is 227 Å². The number of esters is 2. The summed E-state index contributed by atoms with van der Waals surface area (Å²) in [5, 5.41) is 16.4. The number of aromatic nitrogens is 1. The van der Waals surface area contributed by atoms with E-state index in [1.54, 1.807) is 17.5 Å². The van der Waals surface area contributed by atoms with Gasteiger partial charge in [0.1, 0.15) is 0 Å². The van der Waals surface area contributed by atoms with Gasteiger partial charge in [0, 0.05) is 17.2 Å². The van der Waals surface area contributed by atoms with Crippen molar-refractivity contribution in [3.8, 4) is 28.7 Å². The number of aromatic hydroxyl groups is 1. The smallest absolute Gasteiger partial charge is 0.311 e. The molecule has 2 N–H and O–H groups in total. The summed E-state index contributed by atoms with van der Waals surface area (Å²) in [4.78, 5) is 29.6. The average Bonchev–Trinajstić information content (AvgIpc) is 3.68. The van der Waals surface area contributed by atoms with E-state index in [0.29, 0.717) is 22.3 Å². The number of fused-ring (bicyclic) bond motifs is 3. The summed E-state index contributed by atoms with van der Waals surface area (Å²) in [5.74, 6) is -0.422. The van der Waals surface area contributed by atoms with Gasteiger partial charge >= 0.3 is 11.9 Å². The minimum absolute atomic E-state index is 0.0643. The summed E-state index contributed by atoms with van der Waals surface area (Å²) in [6.45, 7) is 0.304. The lowest BCUT2D eigenvalue weighted by molar-refractivity contribution is -0.142. The van der Waals surface area contributed by atoms with Crippen LogP contribution in [0.2, 0.25) is 0 Å². The van der Waals surface area contributed by atoms with Crippen molar-refractivity contribution in [1.29, 1.82) is 0 Å². The summed E-state index contributed by atoms with van der Waals surface area (Å²) in [5.41, 5.74) is 3.06. The van der Waals surface area contributed by atoms with Gasteiger partial charge < -0.3 is 38.8 Å². The molecule has 2 aliphatic heterocycles. The Morgan fingerprint density at radius 3 is 2.44 bits per heavy atom. The second kappa shape index (κ2) is 9.84. The van der Waals surface area contributed by atoms with Gasteiger partial charge in [-0.15, -0.1) is 11.3 Å². The molecule has 4 atom stereocenters. The van der Waals surface area contributed by atoms with E-state index in [2.05, 4.69) is 10.3 Å². The van der Waals surface area contributed by atoms with E-state index in [0.717, 1.165) is 16.7 Å². The molecule has 204 valence electrons. The zero-order valence-electron chi connectivity index (χ0n) is 21.4. The van der Waals surface area contributed by atoms with Gasteiger partial charge in [0.2, 0.25) is 12.5 Å². The summed E-state index contributed by atoms with van der Waals surface area (Å²) in [6, 6.07) is 6.91. The standard InChI is InChI=1S/C27H26N2O9S/c1-33-19-4-12(5-20(34-2)25(19)31)22-14-7-17-18(38-11-37-17)8-15(14)24(16-9-36-26(32)23(16)22)29-27-28-13(10-39-27)6-21(30)35-3/h4-5,7-8,10,16,22-24,31H,6,9,11H2,1-3H3,(H,28,29)/t16-,22+,23-,24+/m0/s1. The van der Waals surface area contributed by atoms with Crippen molar-refractivity contribution in [2.45, 2.75) is 18.4 Å². The van der Waals surface area contributed by atoms with Crippen LogP contribution < -0.4 is 24.3 Å². The van der Waals surface area contributed by atoms with E-state index < -0.39 is 11.8 Å². The number of carbonyl (C=O) groups excluding carboxylic acids is 2. The van der Waals surface area contributed by atoms with Crippen LogP contribution in [0.3, 0.4) is 0 Å². The molecule has 0 unspecified atom stereocenters. The second-order valence-electron chi connectivity index (χ2n) is 9.42. The van der Waals surface area contributed by atoms with Gasteiger partial charge in [-0.1, -0.05) is 0 Å². The Kier molecular flexibility index (Phi) is 6.34. The fourth-order valence-electron chi connectivity index (χ4n) is 5.65. The summed E-state index contributed by atoms with van der Waals surface area (Å²) in [7, 11) is 4.25. The molecule has 1 fully saturated rings. The number of ether oxygens (including phenoxy) is 6. The summed E-state index contributed by atoms with van der Waals surface area (Å²) in [6.07, 6.45) is 0.0643. The Bertz CT molecular complexity index is 1430. The molecule has 3 aliphatic rings. The Hall–Kier alpha value is -4.19. The fraction of sp³-hybridized carbons (Fsp3) is 0.370. The highest BCUT2D eigenvalue weighted by Crippen LogP contribution is 2.56. The van der Waals surface area contributed by atoms with Crippen LogP contribution in [0.25, 0.3) is 0 Å². The summed E-state index contributed by atoms with van der Waals surface area (Å²) < 4.78 is 32.6. The number of hydrogen-bond acceptors (Lipinski definition) is 12. The van der Waals surface area contributed by atoms with E-state index in [4.69, 9.17) is 28.4 Å². The van der Waals surface area contributed by atoms with E-state index in [9.17, 15) is 14.7 Å². The van der Waals surface area contributed by atoms with Crippen molar-refractivity contribution < 1.29 is 43.1 Å². The van der Waals surface area contributed by atoms with Crippen molar-refractivity contribution >= 4 is 28.4 Å². The first-order valence-electron chi connectivity index (χ1n) is 12.2. The number of carbonyl (C=O) groups is 2. The maximum atomic E-state index is 13.3. The van der Waals surface area contributed by atoms with Crippen molar-refractivity contribution in [2.75, 3.05) is 40.0 Å². The van der Waals surface area contributed by atoms with E-state index in [1.165, 1.54) is 32.7 Å². The average molecular weight is 555 g/mol. The van der Waals surface area contributed by atoms with Crippen molar-refractivity contribution in [1.82, 2.24) is 4.98 Å². The molecule has 12 heteroatoms. The van der Waals surface area contributed by atoms with E-state index in [1.807, 2.05) is 12.1 Å². The van der Waals surface area contributed by atoms with Gasteiger partial charge in [-0.2, -0.15) is 0 Å². The highest BCUT2D eigenvalue weighted by molar-refractivity contribution is 7.13. The van der Waals surface area contributed by atoms with Crippen LogP contribution in [0.4, 0.5) is 5.13 Å². The summed E-state index contributed by atoms with van der Waals surface area (Å²) >= 11 is 1.37. The van der Waals surface area contributed by atoms with Gasteiger partial charge in [0.25, 0.3) is 0 Å². The van der Waals surface area contributed by atoms with Crippen molar-refractivity contribution in [3.05, 3.63) is 52.0 Å². The number of methoxy groups -OCH3 is 3. The van der Waals surface area contributed by atoms with Crippen LogP contribution >= 0.6 is 11.3 Å². The predicted octanol–water partition coefficient (Wildman–Crippen LogP) is 3.40. The number of benzene rings is 2. The van der Waals surface area contributed by atoms with Gasteiger partial charge in [-0.25, -0.2) is 4.98 Å². The third kappa shape index (κ3) is 4.24. The number of phenols is 1. The Morgan fingerprint density at radius 2 is 1.77 bits per heavy atom. The monoisotopic (exact) mass is 554 g/mol. The zero-order chi connectivity index (χ0) is 27.3. The van der Waals surface area contributed by atoms with Crippen LogP contribution in [0.15, 0.2) is 29.6 Å². The van der Waals surface area contributed by atoms with Gasteiger partial charge in [-0.05, 0) is 41.0 Å². The maximum Gasteiger partial charge on any atom is 0.311 e. The highest BCUT2D eigenvalue weighted by atomic mass is 32.1. The molecule has 3 heterocycles. The Morgan fingerprint density at radius 1 is 1.08 bits per heavy atom. The molecule has 0 radical (unpaired) electrons. The van der Waals surface area contributed by atoms with Crippen molar-refractivity contribution in [2.24, 2.45) is 11.8 Å². The third-order valence-corrected chi connectivity index (χ3v) is 8.25. The van der Waals surface area contributed by atoms with Crippen LogP contribution in [0.5, 0.6) is 28.7 Å². The molecule has 0 saturated carbocycles. The number of nitrogens with zero attached hydrogens (tertiary/aromatic N) is 1. The molecular formula is C27H26N2O9S. The molecule has 11 nitrogen and oxygen atoms in total. The van der Waals surface area contributed by atoms with E-state index in [-0.39, 0.29) is 61.0 Å². The van der Waals surface area contributed by atoms with Crippen LogP contribution in [0.1, 0.15) is 34.3 Å². The molecule has 39 heavy (non-hydrogen) atoms. The number of phenolic OH excluding ortho intramolecular Hbond substituents is 1. The molecule has 1 saturated heterocycles. The second-order valence-corrected chi connectivity index (χ2v) is 10.3. The topological polar surface area (TPSA) is 135 Å². The lowest BCUT2D eigenvalue weighted by Gasteiger charge is -2.39. The first-order chi connectivity index (χ1) is 18.9. The van der Waals surface area contributed by atoms with Crippen molar-refractivity contribution in [3.63, 3.8) is 0 Å². The number of cyclic esters (lactones) is 1. The lowest BCUT2D eigenvalue weighted by Crippen LogP contribution is -2.37. The van der Waals surface area contributed by atoms with Crippen LogP contribution in [0, 0.1) is 11.8 Å². The van der Waals surface area contributed by atoms with Gasteiger partial charge in [0.05, 0.1) is 52.0 Å². The number of thiazole rings is 1. The lowest BCUT2D eigenvalue weighted by atomic mass is 9.65. The number of nitrogens with one attached hydrogen (secondary N) is 1. The molecule has 0 amide bonds. The number of hydrogen-bond donors (Lipinski definition) is 2. The minimum Gasteiger partial charge on any atom is -0.502 e. The third-order valence-electron chi connectivity index (χ3n) is 7.43. The predicted molar refractivity (Wildman–Crippen MR) is 138 cm³/mol. The molecule has 3 aromatic rings. The van der Waals surface area contributed by atoms with E-state index >= 15 is 0 Å². The van der Waals surface area contributed by atoms with Gasteiger partial charge in [-0.3, -0.25) is 9.59 Å². The van der Waals surface area contributed by atoms with Crippen LogP contribution in [-0.2, 0) is 25.5 Å². The largest absolute Gasteiger partial charge is 0.502 e. The molecule has 0 bridgehead atoms. The Balaban J connectivity index is 1.48. The molecule has 6 rings (SSSR count). The molecule has 1 aliphatic carbocycles. The number of rotatable bonds is 7. The highest BCUT2D eigenvalue weighted by Gasteiger charge is 2.53. The molecule has 1 aromatic heterocycles. The first kappa shape index (κ1) is 25.1. The maximum absolute atomic E-state index is 13.3. The number of anilines is 1. The SMILES string of the molecule is COC(=O)Cc1csc(N[C@@H]2c3cc4c(cc3[C@@H](c3cc(OC)c(O)c(OC)c3)[C@H]3C(=O)OC[C@@H]32)OCO4)n1. The molecular weight excluding hydrogens is 528 g/mol.